The van der Waals surface area contributed by atoms with Crippen LogP contribution in [-0.2, 0) is 0 Å². The van der Waals surface area contributed by atoms with Gasteiger partial charge in [-0.3, -0.25) is 0 Å². The zero-order valence-electron chi connectivity index (χ0n) is 14.8. The Kier molecular flexibility index (Phi) is 4.57. The second-order valence-electron chi connectivity index (χ2n) is 5.50. The number of nitrogen functional groups attached to an aromatic ring is 1. The van der Waals surface area contributed by atoms with Crippen LogP contribution in [0.15, 0.2) is 42.5 Å². The predicted molar refractivity (Wildman–Crippen MR) is 100 cm³/mol. The fourth-order valence-corrected chi connectivity index (χ4v) is 3.03. The topological polar surface area (TPSA) is 62.9 Å². The zero-order chi connectivity index (χ0) is 18.0. The molecule has 3 rings (SSSR count). The van der Waals surface area contributed by atoms with Crippen LogP contribution in [0.2, 0.25) is 0 Å². The highest BCUT2D eigenvalue weighted by molar-refractivity contribution is 6.04. The first-order chi connectivity index (χ1) is 12.1. The third kappa shape index (κ3) is 2.78. The normalized spacial score (nSPS) is 10.6. The predicted octanol–water partition coefficient (Wildman–Crippen LogP) is 4.12. The Morgan fingerprint density at radius 1 is 0.680 bits per heavy atom. The van der Waals surface area contributed by atoms with Crippen LogP contribution < -0.4 is 24.7 Å². The van der Waals surface area contributed by atoms with Crippen molar-refractivity contribution in [3.8, 4) is 34.1 Å². The van der Waals surface area contributed by atoms with Gasteiger partial charge in [0.15, 0.2) is 11.5 Å². The van der Waals surface area contributed by atoms with Gasteiger partial charge in [0.05, 0.1) is 34.1 Å². The third-order valence-corrected chi connectivity index (χ3v) is 4.26. The maximum absolute atomic E-state index is 6.24. The number of anilines is 1. The number of nitrogens with two attached hydrogens (primary N) is 1. The van der Waals surface area contributed by atoms with E-state index in [0.717, 1.165) is 21.9 Å². The molecule has 130 valence electrons. The van der Waals surface area contributed by atoms with Gasteiger partial charge in [0.25, 0.3) is 0 Å². The Labute approximate surface area is 146 Å². The monoisotopic (exact) mass is 339 g/mol. The van der Waals surface area contributed by atoms with E-state index in [1.165, 1.54) is 0 Å². The largest absolute Gasteiger partial charge is 0.495 e. The quantitative estimate of drug-likeness (QED) is 0.708. The van der Waals surface area contributed by atoms with E-state index in [1.807, 2.05) is 42.5 Å². The molecule has 0 saturated carbocycles. The number of hydrogen-bond donors (Lipinski definition) is 1. The number of rotatable bonds is 5. The molecule has 0 fully saturated rings. The molecule has 0 amide bonds. The van der Waals surface area contributed by atoms with E-state index in [2.05, 4.69) is 0 Å². The van der Waals surface area contributed by atoms with E-state index in [9.17, 15) is 0 Å². The van der Waals surface area contributed by atoms with Gasteiger partial charge >= 0.3 is 0 Å². The minimum atomic E-state index is 0.565. The summed E-state index contributed by atoms with van der Waals surface area (Å²) in [6.07, 6.45) is 0. The van der Waals surface area contributed by atoms with Crippen LogP contribution in [-0.4, -0.2) is 28.4 Å². The first-order valence-corrected chi connectivity index (χ1v) is 7.80. The summed E-state index contributed by atoms with van der Waals surface area (Å²) >= 11 is 0. The van der Waals surface area contributed by atoms with Gasteiger partial charge in [-0.1, -0.05) is 18.2 Å². The van der Waals surface area contributed by atoms with Crippen LogP contribution in [0.3, 0.4) is 0 Å². The molecule has 25 heavy (non-hydrogen) atoms. The van der Waals surface area contributed by atoms with Crippen LogP contribution >= 0.6 is 0 Å². The van der Waals surface area contributed by atoms with Crippen molar-refractivity contribution in [3.63, 3.8) is 0 Å². The Morgan fingerprint density at radius 2 is 1.32 bits per heavy atom. The van der Waals surface area contributed by atoms with Crippen molar-refractivity contribution >= 4 is 16.5 Å². The minimum absolute atomic E-state index is 0.565. The summed E-state index contributed by atoms with van der Waals surface area (Å²) in [6.45, 7) is 0. The first-order valence-electron chi connectivity index (χ1n) is 7.80. The van der Waals surface area contributed by atoms with Crippen molar-refractivity contribution in [3.05, 3.63) is 42.5 Å². The fraction of sp³-hybridized carbons (Fsp3) is 0.200. The summed E-state index contributed by atoms with van der Waals surface area (Å²) in [6, 6.07) is 13.7. The molecule has 2 N–H and O–H groups in total. The standard InChI is InChI=1S/C20H21NO4/c1-22-16-9-8-14-13(6-5-7-15(14)19(16)21)12-10-17(23-2)20(25-4)18(11-12)24-3/h5-11H,21H2,1-4H3. The van der Waals surface area contributed by atoms with Crippen LogP contribution in [0.25, 0.3) is 21.9 Å². The SMILES string of the molecule is COc1cc(-c2cccc3c(N)c(OC)ccc23)cc(OC)c1OC. The van der Waals surface area contributed by atoms with Gasteiger partial charge < -0.3 is 24.7 Å². The Morgan fingerprint density at radius 3 is 1.88 bits per heavy atom. The summed E-state index contributed by atoms with van der Waals surface area (Å²) in [5.41, 5.74) is 8.83. The lowest BCUT2D eigenvalue weighted by atomic mass is 9.96. The molecule has 0 bridgehead atoms. The van der Waals surface area contributed by atoms with Gasteiger partial charge in [-0.15, -0.1) is 0 Å². The third-order valence-electron chi connectivity index (χ3n) is 4.26. The summed E-state index contributed by atoms with van der Waals surface area (Å²) in [5.74, 6) is 2.44. The number of benzene rings is 3. The molecule has 0 aliphatic carbocycles. The van der Waals surface area contributed by atoms with Crippen molar-refractivity contribution < 1.29 is 18.9 Å². The van der Waals surface area contributed by atoms with Crippen LogP contribution in [0, 0.1) is 0 Å². The molecule has 5 heteroatoms. The average molecular weight is 339 g/mol. The molecular formula is C20H21NO4. The molecule has 3 aromatic carbocycles. The van der Waals surface area contributed by atoms with Crippen LogP contribution in [0.1, 0.15) is 0 Å². The highest BCUT2D eigenvalue weighted by Gasteiger charge is 2.16. The smallest absolute Gasteiger partial charge is 0.203 e. The zero-order valence-corrected chi connectivity index (χ0v) is 14.8. The molecule has 0 heterocycles. The van der Waals surface area contributed by atoms with Gasteiger partial charge in [-0.25, -0.2) is 0 Å². The molecule has 0 atom stereocenters. The molecule has 0 saturated heterocycles. The van der Waals surface area contributed by atoms with E-state index < -0.39 is 0 Å². The summed E-state index contributed by atoms with van der Waals surface area (Å²) in [4.78, 5) is 0. The Balaban J connectivity index is 2.28. The number of fused-ring (bicyclic) bond motifs is 1. The minimum Gasteiger partial charge on any atom is -0.495 e. The van der Waals surface area contributed by atoms with Crippen molar-refractivity contribution in [2.75, 3.05) is 34.2 Å². The lowest BCUT2D eigenvalue weighted by molar-refractivity contribution is 0.324. The molecule has 0 radical (unpaired) electrons. The molecule has 0 aliphatic heterocycles. The van der Waals surface area contributed by atoms with Gasteiger partial charge in [0.1, 0.15) is 5.75 Å². The highest BCUT2D eigenvalue weighted by Crippen LogP contribution is 2.43. The van der Waals surface area contributed by atoms with E-state index in [-0.39, 0.29) is 0 Å². The number of ether oxygens (including phenoxy) is 4. The molecular weight excluding hydrogens is 318 g/mol. The maximum Gasteiger partial charge on any atom is 0.203 e. The van der Waals surface area contributed by atoms with E-state index in [0.29, 0.717) is 28.7 Å². The molecule has 0 aromatic heterocycles. The lowest BCUT2D eigenvalue weighted by Crippen LogP contribution is -1.97. The van der Waals surface area contributed by atoms with E-state index in [4.69, 9.17) is 24.7 Å². The summed E-state index contributed by atoms with van der Waals surface area (Å²) in [7, 11) is 6.41. The molecule has 3 aromatic rings. The second-order valence-corrected chi connectivity index (χ2v) is 5.50. The van der Waals surface area contributed by atoms with E-state index >= 15 is 0 Å². The molecule has 5 nitrogen and oxygen atoms in total. The van der Waals surface area contributed by atoms with Gasteiger partial charge in [0, 0.05) is 5.39 Å². The van der Waals surface area contributed by atoms with Crippen molar-refractivity contribution in [2.24, 2.45) is 0 Å². The van der Waals surface area contributed by atoms with Crippen molar-refractivity contribution in [1.29, 1.82) is 0 Å². The highest BCUT2D eigenvalue weighted by atomic mass is 16.5. The van der Waals surface area contributed by atoms with Crippen LogP contribution in [0.5, 0.6) is 23.0 Å². The van der Waals surface area contributed by atoms with Gasteiger partial charge in [-0.2, -0.15) is 0 Å². The number of methoxy groups -OCH3 is 4. The fourth-order valence-electron chi connectivity index (χ4n) is 3.03. The first kappa shape index (κ1) is 16.8. The average Bonchev–Trinajstić information content (AvgIpc) is 2.66. The van der Waals surface area contributed by atoms with Gasteiger partial charge in [0.2, 0.25) is 5.75 Å². The van der Waals surface area contributed by atoms with Crippen molar-refractivity contribution in [2.45, 2.75) is 0 Å². The van der Waals surface area contributed by atoms with Crippen LogP contribution in [0.4, 0.5) is 5.69 Å². The summed E-state index contributed by atoms with van der Waals surface area (Å²) in [5, 5.41) is 1.96. The molecule has 0 spiro atoms. The van der Waals surface area contributed by atoms with E-state index in [1.54, 1.807) is 28.4 Å². The second kappa shape index (κ2) is 6.81. The van der Waals surface area contributed by atoms with Gasteiger partial charge in [-0.05, 0) is 40.8 Å². The summed E-state index contributed by atoms with van der Waals surface area (Å²) < 4.78 is 21.6. The Hall–Kier alpha value is -3.08. The molecule has 0 unspecified atom stereocenters. The lowest BCUT2D eigenvalue weighted by Gasteiger charge is -2.16. The molecule has 0 aliphatic rings. The Bertz CT molecular complexity index is 896. The van der Waals surface area contributed by atoms with Crippen molar-refractivity contribution in [1.82, 2.24) is 0 Å². The number of hydrogen-bond acceptors (Lipinski definition) is 5. The maximum atomic E-state index is 6.24.